The molecular weight excluding hydrogens is 606 g/mol. The minimum atomic E-state index is -0.745. The second-order valence-electron chi connectivity index (χ2n) is 13.3. The standard InChI is InChI=1S/C40H69NO7/c1-5-9-10-11-12-13-14-15-16-17-18-19-20-21-22-26-38(42)45-32-37(33-46-39(43)27-23-25-35(7-3)24-6-2)34-48-40(44)47-31-36-28-29-41(8-4)30-36/h6,12-13,15-16,35-37H,2,5,7-11,14,17-34H2,1,3-4H3/b13-12-,16-15-. The Morgan fingerprint density at radius 2 is 1.38 bits per heavy atom. The normalized spacial score (nSPS) is 16.3. The molecule has 3 atom stereocenters. The fourth-order valence-electron chi connectivity index (χ4n) is 5.80. The lowest BCUT2D eigenvalue weighted by molar-refractivity contribution is -0.150. The molecule has 0 aliphatic carbocycles. The van der Waals surface area contributed by atoms with E-state index in [1.54, 1.807) is 0 Å². The molecule has 48 heavy (non-hydrogen) atoms. The first-order chi connectivity index (χ1) is 23.4. The number of hydrogen-bond donors (Lipinski definition) is 0. The van der Waals surface area contributed by atoms with Crippen molar-refractivity contribution in [3.8, 4) is 0 Å². The molecule has 8 heteroatoms. The third-order valence-corrected chi connectivity index (χ3v) is 9.05. The number of unbranched alkanes of at least 4 members (excludes halogenated alkanes) is 8. The predicted molar refractivity (Wildman–Crippen MR) is 195 cm³/mol. The van der Waals surface area contributed by atoms with Gasteiger partial charge in [0, 0.05) is 25.3 Å². The van der Waals surface area contributed by atoms with Gasteiger partial charge in [0.25, 0.3) is 0 Å². The van der Waals surface area contributed by atoms with Gasteiger partial charge in [-0.25, -0.2) is 4.79 Å². The molecule has 1 rings (SSSR count). The number of allylic oxidation sites excluding steroid dienone is 5. The van der Waals surface area contributed by atoms with Crippen LogP contribution in [0.5, 0.6) is 0 Å². The van der Waals surface area contributed by atoms with Gasteiger partial charge < -0.3 is 23.8 Å². The lowest BCUT2D eigenvalue weighted by atomic mass is 9.96. The number of nitrogens with zero attached hydrogens (tertiary/aromatic N) is 1. The second-order valence-corrected chi connectivity index (χ2v) is 13.3. The zero-order valence-corrected chi connectivity index (χ0v) is 30.8. The molecule has 1 saturated heterocycles. The first-order valence-electron chi connectivity index (χ1n) is 19.2. The van der Waals surface area contributed by atoms with E-state index in [-0.39, 0.29) is 31.8 Å². The third-order valence-electron chi connectivity index (χ3n) is 9.05. The quantitative estimate of drug-likeness (QED) is 0.0322. The van der Waals surface area contributed by atoms with Gasteiger partial charge in [0.05, 0.1) is 12.5 Å². The van der Waals surface area contributed by atoms with Gasteiger partial charge in [-0.15, -0.1) is 6.58 Å². The van der Waals surface area contributed by atoms with Crippen LogP contribution in [0.15, 0.2) is 37.0 Å². The molecule has 0 N–H and O–H groups in total. The number of ether oxygens (including phenoxy) is 4. The Kier molecular flexibility index (Phi) is 27.5. The summed E-state index contributed by atoms with van der Waals surface area (Å²) in [5, 5.41) is 0. The minimum Gasteiger partial charge on any atom is -0.465 e. The average molecular weight is 676 g/mol. The van der Waals surface area contributed by atoms with E-state index >= 15 is 0 Å². The number of hydrogen-bond acceptors (Lipinski definition) is 8. The van der Waals surface area contributed by atoms with E-state index in [0.29, 0.717) is 31.3 Å². The summed E-state index contributed by atoms with van der Waals surface area (Å²) in [5.74, 6) is -0.205. The first-order valence-corrected chi connectivity index (χ1v) is 19.2. The lowest BCUT2D eigenvalue weighted by Crippen LogP contribution is -2.27. The maximum atomic E-state index is 12.5. The van der Waals surface area contributed by atoms with Crippen molar-refractivity contribution in [1.29, 1.82) is 0 Å². The largest absolute Gasteiger partial charge is 0.508 e. The average Bonchev–Trinajstić information content (AvgIpc) is 3.56. The van der Waals surface area contributed by atoms with Crippen LogP contribution in [0.1, 0.15) is 136 Å². The van der Waals surface area contributed by atoms with Gasteiger partial charge >= 0.3 is 18.1 Å². The molecule has 1 heterocycles. The molecule has 3 unspecified atom stereocenters. The molecule has 0 amide bonds. The van der Waals surface area contributed by atoms with Crippen LogP contribution in [0.25, 0.3) is 0 Å². The van der Waals surface area contributed by atoms with Crippen molar-refractivity contribution < 1.29 is 33.3 Å². The van der Waals surface area contributed by atoms with Crippen molar-refractivity contribution in [3.63, 3.8) is 0 Å². The van der Waals surface area contributed by atoms with E-state index in [1.807, 2.05) is 6.08 Å². The van der Waals surface area contributed by atoms with Crippen LogP contribution in [0, 0.1) is 17.8 Å². The first kappa shape index (κ1) is 43.4. The van der Waals surface area contributed by atoms with E-state index in [4.69, 9.17) is 18.9 Å². The van der Waals surface area contributed by atoms with Crippen LogP contribution in [0.2, 0.25) is 0 Å². The molecule has 276 valence electrons. The van der Waals surface area contributed by atoms with Gasteiger partial charge in [-0.1, -0.05) is 89.7 Å². The predicted octanol–water partition coefficient (Wildman–Crippen LogP) is 9.77. The molecule has 0 saturated carbocycles. The zero-order chi connectivity index (χ0) is 35.1. The summed E-state index contributed by atoms with van der Waals surface area (Å²) in [5.41, 5.74) is 0. The van der Waals surface area contributed by atoms with Crippen molar-refractivity contribution >= 4 is 18.1 Å². The summed E-state index contributed by atoms with van der Waals surface area (Å²) < 4.78 is 21.7. The van der Waals surface area contributed by atoms with Crippen LogP contribution in [0.3, 0.4) is 0 Å². The Morgan fingerprint density at radius 1 is 0.750 bits per heavy atom. The molecule has 0 radical (unpaired) electrons. The highest BCUT2D eigenvalue weighted by Gasteiger charge is 2.23. The fraction of sp³-hybridized carbons (Fsp3) is 0.775. The van der Waals surface area contributed by atoms with Gasteiger partial charge in [0.15, 0.2) is 0 Å². The molecule has 1 aliphatic rings. The van der Waals surface area contributed by atoms with Gasteiger partial charge in [-0.2, -0.15) is 0 Å². The Labute approximate surface area is 293 Å². The number of rotatable bonds is 30. The van der Waals surface area contributed by atoms with Gasteiger partial charge in [0.2, 0.25) is 0 Å². The monoisotopic (exact) mass is 676 g/mol. The summed E-state index contributed by atoms with van der Waals surface area (Å²) in [6, 6.07) is 0. The smallest absolute Gasteiger partial charge is 0.465 e. The summed E-state index contributed by atoms with van der Waals surface area (Å²) >= 11 is 0. The van der Waals surface area contributed by atoms with Crippen molar-refractivity contribution in [2.45, 2.75) is 136 Å². The minimum absolute atomic E-state index is 0.0149. The van der Waals surface area contributed by atoms with E-state index < -0.39 is 12.1 Å². The molecule has 0 spiro atoms. The lowest BCUT2D eigenvalue weighted by Gasteiger charge is -2.18. The topological polar surface area (TPSA) is 91.4 Å². The Balaban J connectivity index is 2.32. The van der Waals surface area contributed by atoms with Crippen molar-refractivity contribution in [3.05, 3.63) is 37.0 Å². The highest BCUT2D eigenvalue weighted by molar-refractivity contribution is 5.69. The summed E-state index contributed by atoms with van der Waals surface area (Å²) in [6.45, 7) is 13.5. The van der Waals surface area contributed by atoms with Crippen molar-refractivity contribution in [2.75, 3.05) is 46.1 Å². The fourth-order valence-corrected chi connectivity index (χ4v) is 5.80. The van der Waals surface area contributed by atoms with E-state index in [0.717, 1.165) is 96.7 Å². The van der Waals surface area contributed by atoms with Crippen LogP contribution < -0.4 is 0 Å². The van der Waals surface area contributed by atoms with Crippen LogP contribution >= 0.6 is 0 Å². The highest BCUT2D eigenvalue weighted by Crippen LogP contribution is 2.18. The summed E-state index contributed by atoms with van der Waals surface area (Å²) in [4.78, 5) is 39.5. The van der Waals surface area contributed by atoms with Gasteiger partial charge in [-0.3, -0.25) is 9.59 Å². The second kappa shape index (κ2) is 30.4. The van der Waals surface area contributed by atoms with Gasteiger partial charge in [-0.05, 0) is 83.2 Å². The number of carbonyl (C=O) groups is 3. The van der Waals surface area contributed by atoms with Crippen LogP contribution in [-0.4, -0.2) is 69.1 Å². The maximum Gasteiger partial charge on any atom is 0.508 e. The summed E-state index contributed by atoms with van der Waals surface area (Å²) in [6.07, 6.45) is 27.9. The Bertz CT molecular complexity index is 902. The van der Waals surface area contributed by atoms with Crippen LogP contribution in [-0.2, 0) is 28.5 Å². The molecule has 1 aliphatic heterocycles. The Morgan fingerprint density at radius 3 is 2.00 bits per heavy atom. The molecule has 1 fully saturated rings. The van der Waals surface area contributed by atoms with Crippen molar-refractivity contribution in [1.82, 2.24) is 4.90 Å². The SMILES string of the molecule is C=CCC(CC)CCCC(=O)OCC(COC(=O)CCCCCCC/C=C\C/C=C\CCCCC)COC(=O)OCC1CCN(CC)C1. The van der Waals surface area contributed by atoms with E-state index in [2.05, 4.69) is 56.6 Å². The zero-order valence-electron chi connectivity index (χ0n) is 30.8. The molecule has 0 aromatic rings. The maximum absolute atomic E-state index is 12.5. The van der Waals surface area contributed by atoms with Crippen LogP contribution in [0.4, 0.5) is 4.79 Å². The van der Waals surface area contributed by atoms with E-state index in [9.17, 15) is 14.4 Å². The van der Waals surface area contributed by atoms with Gasteiger partial charge in [0.1, 0.15) is 19.8 Å². The Hall–Kier alpha value is -2.61. The van der Waals surface area contributed by atoms with Crippen molar-refractivity contribution in [2.24, 2.45) is 17.8 Å². The summed E-state index contributed by atoms with van der Waals surface area (Å²) in [7, 11) is 0. The van der Waals surface area contributed by atoms with E-state index in [1.165, 1.54) is 25.7 Å². The molecule has 0 aromatic carbocycles. The molecule has 0 aromatic heterocycles. The molecule has 8 nitrogen and oxygen atoms in total. The highest BCUT2D eigenvalue weighted by atomic mass is 16.7. The number of esters is 2. The molecular formula is C40H69NO7. The molecule has 0 bridgehead atoms. The number of likely N-dealkylation sites (tertiary alicyclic amines) is 1. The number of carbonyl (C=O) groups excluding carboxylic acids is 3. The third kappa shape index (κ3) is 24.5.